The molecule has 1 aromatic heterocycles. The first-order chi connectivity index (χ1) is 8.56. The molecule has 1 atom stereocenters. The van der Waals surface area contributed by atoms with Crippen LogP contribution in [0, 0.1) is 11.6 Å². The standard InChI is InChI=1S/C12H9Br2F2NS/c1-17-11(12-7(14)4-5-18-12)9-8(15)3-2-6(13)10(9)16/h2-5,11,17H,1H3. The van der Waals surface area contributed by atoms with E-state index < -0.39 is 17.7 Å². The molecule has 0 fully saturated rings. The van der Waals surface area contributed by atoms with Gasteiger partial charge in [0.25, 0.3) is 0 Å². The zero-order chi connectivity index (χ0) is 13.3. The second-order valence-electron chi connectivity index (χ2n) is 3.61. The number of halogens is 4. The molecule has 0 amide bonds. The molecule has 2 rings (SSSR count). The fourth-order valence-electron chi connectivity index (χ4n) is 1.73. The minimum atomic E-state index is -0.574. The van der Waals surface area contributed by atoms with Gasteiger partial charge in [0.1, 0.15) is 11.6 Å². The molecule has 6 heteroatoms. The molecule has 2 aromatic rings. The Kier molecular flexibility index (Phi) is 4.53. The van der Waals surface area contributed by atoms with Crippen molar-refractivity contribution in [3.05, 3.63) is 54.6 Å². The fourth-order valence-corrected chi connectivity index (χ4v) is 3.79. The van der Waals surface area contributed by atoms with E-state index >= 15 is 0 Å². The average Bonchev–Trinajstić information content (AvgIpc) is 2.76. The van der Waals surface area contributed by atoms with E-state index in [-0.39, 0.29) is 10.0 Å². The van der Waals surface area contributed by atoms with Crippen molar-refractivity contribution in [1.82, 2.24) is 5.32 Å². The normalized spacial score (nSPS) is 12.7. The number of thiophene rings is 1. The summed E-state index contributed by atoms with van der Waals surface area (Å²) in [5.41, 5.74) is 0.0232. The first-order valence-corrected chi connectivity index (χ1v) is 7.56. The van der Waals surface area contributed by atoms with Crippen molar-refractivity contribution in [1.29, 1.82) is 0 Å². The molecule has 1 heterocycles. The molecule has 0 saturated heterocycles. The molecule has 0 aliphatic carbocycles. The summed E-state index contributed by atoms with van der Waals surface area (Å²) in [7, 11) is 1.68. The first-order valence-electron chi connectivity index (χ1n) is 5.09. The second kappa shape index (κ2) is 5.77. The maximum atomic E-state index is 14.1. The third kappa shape index (κ3) is 2.52. The molecule has 0 aliphatic heterocycles. The molecule has 1 nitrogen and oxygen atoms in total. The zero-order valence-corrected chi connectivity index (χ0v) is 13.3. The van der Waals surface area contributed by atoms with Crippen LogP contribution >= 0.6 is 43.2 Å². The largest absolute Gasteiger partial charge is 0.308 e. The van der Waals surface area contributed by atoms with Gasteiger partial charge < -0.3 is 5.32 Å². The van der Waals surface area contributed by atoms with E-state index in [1.807, 2.05) is 11.4 Å². The van der Waals surface area contributed by atoms with Gasteiger partial charge in [0.2, 0.25) is 0 Å². The van der Waals surface area contributed by atoms with E-state index in [0.29, 0.717) is 0 Å². The van der Waals surface area contributed by atoms with Crippen LogP contribution in [0.15, 0.2) is 32.5 Å². The Morgan fingerprint density at radius 1 is 1.17 bits per heavy atom. The van der Waals surface area contributed by atoms with E-state index in [2.05, 4.69) is 37.2 Å². The lowest BCUT2D eigenvalue weighted by atomic mass is 10.0. The summed E-state index contributed by atoms with van der Waals surface area (Å²) in [5.74, 6) is -1.13. The van der Waals surface area contributed by atoms with Crippen molar-refractivity contribution in [3.63, 3.8) is 0 Å². The van der Waals surface area contributed by atoms with Crippen molar-refractivity contribution >= 4 is 43.2 Å². The summed E-state index contributed by atoms with van der Waals surface area (Å²) in [5, 5.41) is 4.82. The number of rotatable bonds is 3. The minimum Gasteiger partial charge on any atom is -0.308 e. The lowest BCUT2D eigenvalue weighted by Crippen LogP contribution is -2.20. The summed E-state index contributed by atoms with van der Waals surface area (Å²) in [6.07, 6.45) is 0. The monoisotopic (exact) mass is 395 g/mol. The second-order valence-corrected chi connectivity index (χ2v) is 6.27. The van der Waals surface area contributed by atoms with Gasteiger partial charge in [-0.15, -0.1) is 11.3 Å². The lowest BCUT2D eigenvalue weighted by Gasteiger charge is -2.18. The Hall–Kier alpha value is -0.300. The van der Waals surface area contributed by atoms with Crippen LogP contribution in [0.4, 0.5) is 8.78 Å². The summed E-state index contributed by atoms with van der Waals surface area (Å²) in [6, 6.07) is 3.97. The number of nitrogens with one attached hydrogen (secondary N) is 1. The third-order valence-electron chi connectivity index (χ3n) is 2.56. The van der Waals surface area contributed by atoms with Crippen molar-refractivity contribution < 1.29 is 8.78 Å². The fraction of sp³-hybridized carbons (Fsp3) is 0.167. The maximum Gasteiger partial charge on any atom is 0.145 e. The van der Waals surface area contributed by atoms with Crippen molar-refractivity contribution in [2.75, 3.05) is 7.05 Å². The molecule has 1 N–H and O–H groups in total. The van der Waals surface area contributed by atoms with Crippen molar-refractivity contribution in [2.24, 2.45) is 0 Å². The molecule has 1 aromatic carbocycles. The highest BCUT2D eigenvalue weighted by atomic mass is 79.9. The molecule has 0 saturated carbocycles. The predicted octanol–water partition coefficient (Wildman–Crippen LogP) is 4.86. The van der Waals surface area contributed by atoms with Crippen LogP contribution in [-0.2, 0) is 0 Å². The van der Waals surface area contributed by atoms with Gasteiger partial charge >= 0.3 is 0 Å². The Balaban J connectivity index is 2.59. The molecule has 96 valence electrons. The first kappa shape index (κ1) is 14.1. The Morgan fingerprint density at radius 3 is 2.44 bits per heavy atom. The smallest absolute Gasteiger partial charge is 0.145 e. The Bertz CT molecular complexity index is 571. The summed E-state index contributed by atoms with van der Waals surface area (Å²) < 4.78 is 29.1. The van der Waals surface area contributed by atoms with Gasteiger partial charge in [-0.1, -0.05) is 0 Å². The molecule has 0 aliphatic rings. The maximum absolute atomic E-state index is 14.1. The highest BCUT2D eigenvalue weighted by molar-refractivity contribution is 9.10. The van der Waals surface area contributed by atoms with E-state index in [0.717, 1.165) is 9.35 Å². The van der Waals surface area contributed by atoms with Crippen LogP contribution in [0.25, 0.3) is 0 Å². The quantitative estimate of drug-likeness (QED) is 0.730. The lowest BCUT2D eigenvalue weighted by molar-refractivity contribution is 0.520. The van der Waals surface area contributed by atoms with Crippen LogP contribution in [0.3, 0.4) is 0 Å². The number of benzene rings is 1. The SMILES string of the molecule is CNC(c1sccc1Br)c1c(F)ccc(Br)c1F. The van der Waals surface area contributed by atoms with Crippen LogP contribution in [0.5, 0.6) is 0 Å². The average molecular weight is 397 g/mol. The van der Waals surface area contributed by atoms with E-state index in [1.54, 1.807) is 7.05 Å². The van der Waals surface area contributed by atoms with Gasteiger partial charge in [-0.05, 0) is 62.5 Å². The van der Waals surface area contributed by atoms with Gasteiger partial charge in [0, 0.05) is 14.9 Å². The van der Waals surface area contributed by atoms with Gasteiger partial charge in [-0.25, -0.2) is 8.78 Å². The summed E-state index contributed by atoms with van der Waals surface area (Å²) in [4.78, 5) is 0.841. The molecular weight excluding hydrogens is 388 g/mol. The van der Waals surface area contributed by atoms with Crippen LogP contribution in [-0.4, -0.2) is 7.05 Å². The van der Waals surface area contributed by atoms with Crippen molar-refractivity contribution in [3.8, 4) is 0 Å². The number of hydrogen-bond acceptors (Lipinski definition) is 2. The van der Waals surface area contributed by atoms with E-state index in [4.69, 9.17) is 0 Å². The van der Waals surface area contributed by atoms with Gasteiger partial charge in [-0.3, -0.25) is 0 Å². The molecule has 1 unspecified atom stereocenters. The molecular formula is C12H9Br2F2NS. The van der Waals surface area contributed by atoms with Crippen molar-refractivity contribution in [2.45, 2.75) is 6.04 Å². The Labute approximate surface area is 124 Å². The molecule has 18 heavy (non-hydrogen) atoms. The van der Waals surface area contributed by atoms with Crippen LogP contribution < -0.4 is 5.32 Å². The summed E-state index contributed by atoms with van der Waals surface area (Å²) >= 11 is 7.91. The molecule has 0 radical (unpaired) electrons. The molecule has 0 bridgehead atoms. The number of hydrogen-bond donors (Lipinski definition) is 1. The van der Waals surface area contributed by atoms with E-state index in [9.17, 15) is 8.78 Å². The minimum absolute atomic E-state index is 0.0232. The Morgan fingerprint density at radius 2 is 1.89 bits per heavy atom. The van der Waals surface area contributed by atoms with Gasteiger partial charge in [0.15, 0.2) is 0 Å². The zero-order valence-electron chi connectivity index (χ0n) is 9.31. The van der Waals surface area contributed by atoms with Gasteiger partial charge in [0.05, 0.1) is 10.5 Å². The highest BCUT2D eigenvalue weighted by Gasteiger charge is 2.24. The van der Waals surface area contributed by atoms with E-state index in [1.165, 1.54) is 23.5 Å². The highest BCUT2D eigenvalue weighted by Crippen LogP contribution is 2.36. The van der Waals surface area contributed by atoms with Crippen LogP contribution in [0.2, 0.25) is 0 Å². The summed E-state index contributed by atoms with van der Waals surface area (Å²) in [6.45, 7) is 0. The van der Waals surface area contributed by atoms with Crippen LogP contribution in [0.1, 0.15) is 16.5 Å². The topological polar surface area (TPSA) is 12.0 Å². The van der Waals surface area contributed by atoms with Gasteiger partial charge in [-0.2, -0.15) is 0 Å². The molecule has 0 spiro atoms. The third-order valence-corrected chi connectivity index (χ3v) is 5.11. The predicted molar refractivity (Wildman–Crippen MR) is 77.0 cm³/mol.